The van der Waals surface area contributed by atoms with E-state index >= 15 is 0 Å². The first-order chi connectivity index (χ1) is 17.5. The molecule has 0 spiro atoms. The molecule has 0 radical (unpaired) electrons. The summed E-state index contributed by atoms with van der Waals surface area (Å²) in [6.45, 7) is 2.49. The zero-order chi connectivity index (χ0) is 25.1. The van der Waals surface area contributed by atoms with Gasteiger partial charge in [0.1, 0.15) is 11.6 Å². The van der Waals surface area contributed by atoms with Gasteiger partial charge >= 0.3 is 0 Å². The van der Waals surface area contributed by atoms with Crippen LogP contribution in [0.1, 0.15) is 29.8 Å². The Balaban J connectivity index is 1.15. The lowest BCUT2D eigenvalue weighted by Gasteiger charge is -2.29. The molecule has 7 nitrogen and oxygen atoms in total. The summed E-state index contributed by atoms with van der Waals surface area (Å²) in [5.41, 5.74) is 5.90. The maximum Gasteiger partial charge on any atom is 0.265 e. The summed E-state index contributed by atoms with van der Waals surface area (Å²) in [6, 6.07) is 21.9. The minimum atomic E-state index is -0.0817. The van der Waals surface area contributed by atoms with Crippen molar-refractivity contribution < 1.29 is 14.3 Å². The van der Waals surface area contributed by atoms with E-state index in [9.17, 15) is 9.59 Å². The van der Waals surface area contributed by atoms with Gasteiger partial charge in [-0.25, -0.2) is 4.98 Å². The van der Waals surface area contributed by atoms with Crippen molar-refractivity contribution in [2.24, 2.45) is 7.05 Å². The van der Waals surface area contributed by atoms with Crippen molar-refractivity contribution in [2.45, 2.75) is 32.6 Å². The van der Waals surface area contributed by atoms with Crippen LogP contribution < -0.4 is 15.0 Å². The van der Waals surface area contributed by atoms with E-state index < -0.39 is 0 Å². The van der Waals surface area contributed by atoms with Gasteiger partial charge in [-0.1, -0.05) is 30.3 Å². The Hall–Kier alpha value is -4.13. The highest BCUT2D eigenvalue weighted by atomic mass is 16.5. The maximum absolute atomic E-state index is 12.6. The van der Waals surface area contributed by atoms with E-state index in [1.807, 2.05) is 68.6 Å². The fraction of sp³-hybridized carbons (Fsp3) is 0.276. The molecular formula is C29H30N4O3. The standard InChI is InChI=1S/C29H30N4O3/c1-20-12-14-26-25(17-20)33(29(35)19-36-26)16-6-11-28(34)30-22-8-5-7-21(18-22)13-15-27-31-23-9-3-4-10-24(23)32(27)2/h3-5,7-10,12,14,17-18H,6,11,13,15-16,19H2,1-2H3,(H,30,34). The van der Waals surface area contributed by atoms with Crippen LogP contribution in [0.15, 0.2) is 66.7 Å². The molecule has 1 N–H and O–H groups in total. The van der Waals surface area contributed by atoms with E-state index in [1.54, 1.807) is 4.90 Å². The molecule has 7 heteroatoms. The van der Waals surface area contributed by atoms with Gasteiger partial charge in [-0.3, -0.25) is 9.59 Å². The van der Waals surface area contributed by atoms with Gasteiger partial charge in [0.05, 0.1) is 16.7 Å². The summed E-state index contributed by atoms with van der Waals surface area (Å²) in [5, 5.41) is 3.00. The number of hydrogen-bond acceptors (Lipinski definition) is 4. The van der Waals surface area contributed by atoms with Crippen molar-refractivity contribution in [3.05, 3.63) is 83.7 Å². The second-order valence-electron chi connectivity index (χ2n) is 9.23. The fourth-order valence-electron chi connectivity index (χ4n) is 4.66. The minimum absolute atomic E-state index is 0.0311. The third-order valence-electron chi connectivity index (χ3n) is 6.57. The number of fused-ring (bicyclic) bond motifs is 2. The maximum atomic E-state index is 12.6. The van der Waals surface area contributed by atoms with E-state index in [4.69, 9.17) is 9.72 Å². The molecule has 1 aromatic heterocycles. The predicted molar refractivity (Wildman–Crippen MR) is 141 cm³/mol. The predicted octanol–water partition coefficient (Wildman–Crippen LogP) is 4.81. The van der Waals surface area contributed by atoms with Crippen LogP contribution in [0.2, 0.25) is 0 Å². The van der Waals surface area contributed by atoms with Crippen molar-refractivity contribution >= 4 is 34.2 Å². The largest absolute Gasteiger partial charge is 0.482 e. The zero-order valence-electron chi connectivity index (χ0n) is 20.7. The molecule has 2 heterocycles. The number of para-hydroxylation sites is 2. The molecule has 0 saturated carbocycles. The number of nitrogens with one attached hydrogen (secondary N) is 1. The molecule has 2 amide bonds. The molecule has 0 fully saturated rings. The zero-order valence-corrected chi connectivity index (χ0v) is 20.7. The Kier molecular flexibility index (Phi) is 6.71. The Morgan fingerprint density at radius 2 is 1.92 bits per heavy atom. The first-order valence-corrected chi connectivity index (χ1v) is 12.3. The van der Waals surface area contributed by atoms with Crippen molar-refractivity contribution in [3.8, 4) is 5.75 Å². The van der Waals surface area contributed by atoms with Gasteiger partial charge in [-0.05, 0) is 67.3 Å². The molecule has 1 aliphatic rings. The number of aryl methyl sites for hydroxylation is 4. The van der Waals surface area contributed by atoms with Gasteiger partial charge in [0, 0.05) is 32.1 Å². The lowest BCUT2D eigenvalue weighted by molar-refractivity contribution is -0.121. The molecule has 3 aromatic carbocycles. The third kappa shape index (κ3) is 5.10. The third-order valence-corrected chi connectivity index (χ3v) is 6.57. The van der Waals surface area contributed by atoms with Crippen LogP contribution in [-0.2, 0) is 29.5 Å². The van der Waals surface area contributed by atoms with E-state index in [0.717, 1.165) is 52.2 Å². The highest BCUT2D eigenvalue weighted by Crippen LogP contribution is 2.33. The Labute approximate surface area is 210 Å². The first-order valence-electron chi connectivity index (χ1n) is 12.3. The molecule has 36 heavy (non-hydrogen) atoms. The average Bonchev–Trinajstić information content (AvgIpc) is 3.20. The van der Waals surface area contributed by atoms with Crippen molar-refractivity contribution in [3.63, 3.8) is 0 Å². The highest BCUT2D eigenvalue weighted by molar-refractivity contribution is 5.98. The Bertz CT molecular complexity index is 1430. The number of benzene rings is 3. The van der Waals surface area contributed by atoms with Crippen molar-refractivity contribution in [2.75, 3.05) is 23.4 Å². The summed E-state index contributed by atoms with van der Waals surface area (Å²) >= 11 is 0. The topological polar surface area (TPSA) is 76.5 Å². The summed E-state index contributed by atoms with van der Waals surface area (Å²) in [6.07, 6.45) is 2.54. The number of hydrogen-bond donors (Lipinski definition) is 1. The molecule has 184 valence electrons. The van der Waals surface area contributed by atoms with Gasteiger partial charge < -0.3 is 19.5 Å². The van der Waals surface area contributed by atoms with Crippen LogP contribution in [-0.4, -0.2) is 34.5 Å². The average molecular weight is 483 g/mol. The van der Waals surface area contributed by atoms with Crippen LogP contribution in [0, 0.1) is 6.92 Å². The van der Waals surface area contributed by atoms with Gasteiger partial charge in [-0.15, -0.1) is 0 Å². The number of carbonyl (C=O) groups is 2. The molecule has 0 unspecified atom stereocenters. The van der Waals surface area contributed by atoms with Gasteiger partial charge in [0.15, 0.2) is 6.61 Å². The number of ether oxygens (including phenoxy) is 1. The smallest absolute Gasteiger partial charge is 0.265 e. The summed E-state index contributed by atoms with van der Waals surface area (Å²) < 4.78 is 7.67. The van der Waals surface area contributed by atoms with Crippen LogP contribution in [0.5, 0.6) is 5.75 Å². The van der Waals surface area contributed by atoms with E-state index in [0.29, 0.717) is 25.1 Å². The number of aromatic nitrogens is 2. The summed E-state index contributed by atoms with van der Waals surface area (Å²) in [7, 11) is 2.05. The molecule has 0 aliphatic carbocycles. The number of rotatable bonds is 8. The minimum Gasteiger partial charge on any atom is -0.482 e. The molecule has 4 aromatic rings. The quantitative estimate of drug-likeness (QED) is 0.391. The lowest BCUT2D eigenvalue weighted by Crippen LogP contribution is -2.39. The van der Waals surface area contributed by atoms with E-state index in [1.165, 1.54) is 0 Å². The number of amides is 2. The Morgan fingerprint density at radius 1 is 1.06 bits per heavy atom. The highest BCUT2D eigenvalue weighted by Gasteiger charge is 2.25. The Morgan fingerprint density at radius 3 is 2.78 bits per heavy atom. The van der Waals surface area contributed by atoms with Gasteiger partial charge in [0.2, 0.25) is 5.91 Å². The second-order valence-corrected chi connectivity index (χ2v) is 9.23. The SMILES string of the molecule is Cc1ccc2c(c1)N(CCCC(=O)Nc1cccc(CCc3nc4ccccc4n3C)c1)C(=O)CO2. The van der Waals surface area contributed by atoms with Gasteiger partial charge in [-0.2, -0.15) is 0 Å². The monoisotopic (exact) mass is 482 g/mol. The molecule has 1 aliphatic heterocycles. The molecule has 5 rings (SSSR count). The van der Waals surface area contributed by atoms with Crippen LogP contribution in [0.4, 0.5) is 11.4 Å². The van der Waals surface area contributed by atoms with Crippen molar-refractivity contribution in [1.82, 2.24) is 9.55 Å². The summed E-state index contributed by atoms with van der Waals surface area (Å²) in [5.74, 6) is 1.61. The molecule has 0 atom stereocenters. The normalized spacial score (nSPS) is 12.9. The number of carbonyl (C=O) groups excluding carboxylic acids is 2. The van der Waals surface area contributed by atoms with Gasteiger partial charge in [0.25, 0.3) is 5.91 Å². The van der Waals surface area contributed by atoms with Crippen molar-refractivity contribution in [1.29, 1.82) is 0 Å². The number of anilines is 2. The number of nitrogens with zero attached hydrogens (tertiary/aromatic N) is 3. The molecular weight excluding hydrogens is 452 g/mol. The lowest BCUT2D eigenvalue weighted by atomic mass is 10.1. The van der Waals surface area contributed by atoms with E-state index in [-0.39, 0.29) is 18.4 Å². The van der Waals surface area contributed by atoms with Crippen LogP contribution in [0.3, 0.4) is 0 Å². The van der Waals surface area contributed by atoms with Crippen LogP contribution in [0.25, 0.3) is 11.0 Å². The van der Waals surface area contributed by atoms with Crippen LogP contribution >= 0.6 is 0 Å². The summed E-state index contributed by atoms with van der Waals surface area (Å²) in [4.78, 5) is 31.5. The molecule has 0 bridgehead atoms. The number of imidazole rings is 1. The van der Waals surface area contributed by atoms with E-state index in [2.05, 4.69) is 22.0 Å². The first kappa shape index (κ1) is 23.6. The molecule has 0 saturated heterocycles. The second kappa shape index (κ2) is 10.2. The fourth-order valence-corrected chi connectivity index (χ4v) is 4.66.